The van der Waals surface area contributed by atoms with E-state index >= 15 is 0 Å². The highest BCUT2D eigenvalue weighted by molar-refractivity contribution is 7.42. The highest BCUT2D eigenvalue weighted by atomic mass is 31.2. The number of nitrogens with two attached hydrogens (primary N) is 1. The Morgan fingerprint density at radius 1 is 1.16 bits per heavy atom. The molecule has 0 radical (unpaired) electrons. The number of benzene rings is 1. The van der Waals surface area contributed by atoms with Gasteiger partial charge in [0.25, 0.3) is 0 Å². The fourth-order valence-corrected chi connectivity index (χ4v) is 1.39. The maximum atomic E-state index is 11.0. The number of rotatable bonds is 2. The molecule has 0 aliphatic carbocycles. The Bertz CT molecular complexity index is 594. The van der Waals surface area contributed by atoms with Gasteiger partial charge in [0.1, 0.15) is 5.58 Å². The third kappa shape index (κ3) is 4.50. The van der Waals surface area contributed by atoms with E-state index in [9.17, 15) is 4.79 Å². The lowest BCUT2D eigenvalue weighted by molar-refractivity contribution is 0.355. The lowest BCUT2D eigenvalue weighted by Crippen LogP contribution is -1.96. The topological polar surface area (TPSA) is 115 Å². The van der Waals surface area contributed by atoms with Crippen molar-refractivity contribution in [1.29, 1.82) is 0 Å². The highest BCUT2D eigenvalue weighted by Gasteiger charge is 2.07. The number of hydrogen-bond donors (Lipinski definition) is 3. The molecule has 7 nitrogen and oxygen atoms in total. The Morgan fingerprint density at radius 2 is 1.68 bits per heavy atom. The molecule has 2 aromatic rings. The Morgan fingerprint density at radius 3 is 2.21 bits per heavy atom. The lowest BCUT2D eigenvalue weighted by atomic mass is 10.2. The fourth-order valence-electron chi connectivity index (χ4n) is 1.39. The van der Waals surface area contributed by atoms with E-state index in [1.807, 2.05) is 0 Å². The van der Waals surface area contributed by atoms with Gasteiger partial charge in [0.2, 0.25) is 8.53 Å². The molecule has 4 N–H and O–H groups in total. The summed E-state index contributed by atoms with van der Waals surface area (Å²) in [5.41, 5.74) is 4.39. The van der Waals surface area contributed by atoms with Crippen molar-refractivity contribution in [2.24, 2.45) is 5.50 Å². The molecule has 1 heterocycles. The van der Waals surface area contributed by atoms with Crippen molar-refractivity contribution in [2.75, 3.05) is 14.2 Å². The molecule has 1 aromatic heterocycles. The molecule has 0 saturated heterocycles. The molecular formula is C11H14NO6P. The van der Waals surface area contributed by atoms with Crippen molar-refractivity contribution in [3.05, 3.63) is 34.7 Å². The zero-order valence-electron chi connectivity index (χ0n) is 10.4. The molecule has 0 aliphatic rings. The Labute approximate surface area is 110 Å². The van der Waals surface area contributed by atoms with Crippen LogP contribution in [0.1, 0.15) is 0 Å². The molecule has 0 atom stereocenters. The number of hydrogen-bond acceptors (Lipinski definition) is 7. The summed E-state index contributed by atoms with van der Waals surface area (Å²) in [7, 11) is 0.970. The van der Waals surface area contributed by atoms with Crippen LogP contribution in [0.25, 0.3) is 11.0 Å². The second-order valence-corrected chi connectivity index (χ2v) is 3.96. The van der Waals surface area contributed by atoms with Crippen LogP contribution in [0.2, 0.25) is 0 Å². The fraction of sp³-hybridized carbons (Fsp3) is 0.182. The van der Waals surface area contributed by atoms with E-state index in [4.69, 9.17) is 23.7 Å². The Kier molecular flexibility index (Phi) is 5.72. The van der Waals surface area contributed by atoms with Crippen LogP contribution < -0.4 is 20.6 Å². The Balaban J connectivity index is 0.000000399. The maximum Gasteiger partial charge on any atom is 0.336 e. The summed E-state index contributed by atoms with van der Waals surface area (Å²) >= 11 is 0. The van der Waals surface area contributed by atoms with Gasteiger partial charge in [-0.05, 0) is 12.1 Å². The standard InChI is InChI=1S/C11H10O4.H4NO2P/c1-13-9-5-7-3-4-11(12)15-8(7)6-10(9)14-2;1-4(2)3/h3-6H,1-2H3;2-3H,1H2. The van der Waals surface area contributed by atoms with Gasteiger partial charge in [0.15, 0.2) is 11.5 Å². The molecule has 104 valence electrons. The first-order valence-corrected chi connectivity index (χ1v) is 6.38. The predicted molar refractivity (Wildman–Crippen MR) is 71.1 cm³/mol. The van der Waals surface area contributed by atoms with Crippen molar-refractivity contribution in [1.82, 2.24) is 0 Å². The normalized spacial score (nSPS) is 10.0. The van der Waals surface area contributed by atoms with Gasteiger partial charge < -0.3 is 23.7 Å². The summed E-state index contributed by atoms with van der Waals surface area (Å²) in [4.78, 5) is 25.9. The predicted octanol–water partition coefficient (Wildman–Crippen LogP) is 0.967. The molecule has 0 unspecified atom stereocenters. The van der Waals surface area contributed by atoms with Gasteiger partial charge in [-0.3, -0.25) is 5.50 Å². The van der Waals surface area contributed by atoms with Gasteiger partial charge in [0.05, 0.1) is 14.2 Å². The highest BCUT2D eigenvalue weighted by Crippen LogP contribution is 2.31. The first-order chi connectivity index (χ1) is 8.97. The van der Waals surface area contributed by atoms with Gasteiger partial charge in [-0.25, -0.2) is 4.79 Å². The molecule has 8 heteroatoms. The summed E-state index contributed by atoms with van der Waals surface area (Å²) in [6, 6.07) is 6.45. The van der Waals surface area contributed by atoms with Crippen LogP contribution in [-0.4, -0.2) is 24.0 Å². The van der Waals surface area contributed by atoms with Crippen molar-refractivity contribution in [2.45, 2.75) is 0 Å². The van der Waals surface area contributed by atoms with E-state index in [1.165, 1.54) is 13.2 Å². The average molecular weight is 287 g/mol. The molecular weight excluding hydrogens is 273 g/mol. The summed E-state index contributed by atoms with van der Waals surface area (Å²) in [6.45, 7) is 0. The van der Waals surface area contributed by atoms with E-state index in [-0.39, 0.29) is 5.63 Å². The van der Waals surface area contributed by atoms with Crippen LogP contribution in [0.15, 0.2) is 33.5 Å². The van der Waals surface area contributed by atoms with Gasteiger partial charge in [-0.2, -0.15) is 0 Å². The minimum atomic E-state index is -2.12. The van der Waals surface area contributed by atoms with E-state index in [1.54, 1.807) is 25.3 Å². The van der Waals surface area contributed by atoms with E-state index < -0.39 is 8.53 Å². The summed E-state index contributed by atoms with van der Waals surface area (Å²) in [5, 5.41) is 0.798. The Hall–Kier alpha value is -1.66. The second kappa shape index (κ2) is 7.06. The van der Waals surface area contributed by atoms with Crippen LogP contribution in [0.3, 0.4) is 0 Å². The molecule has 1 aromatic carbocycles. The molecule has 0 fully saturated rings. The quantitative estimate of drug-likeness (QED) is 0.556. The molecule has 0 aliphatic heterocycles. The SMILES string of the molecule is COc1cc2ccc(=O)oc2cc1OC.NP(O)O. The summed E-state index contributed by atoms with van der Waals surface area (Å²) in [6.07, 6.45) is 0. The number of fused-ring (bicyclic) bond motifs is 1. The zero-order valence-corrected chi connectivity index (χ0v) is 11.3. The van der Waals surface area contributed by atoms with Crippen molar-refractivity contribution in [3.8, 4) is 11.5 Å². The number of methoxy groups -OCH3 is 2. The molecule has 0 saturated carbocycles. The smallest absolute Gasteiger partial charge is 0.336 e. The van der Waals surface area contributed by atoms with E-state index in [0.29, 0.717) is 17.1 Å². The second-order valence-electron chi connectivity index (χ2n) is 3.32. The van der Waals surface area contributed by atoms with Crippen LogP contribution >= 0.6 is 8.53 Å². The molecule has 0 bridgehead atoms. The monoisotopic (exact) mass is 287 g/mol. The third-order valence-corrected chi connectivity index (χ3v) is 2.13. The van der Waals surface area contributed by atoms with Crippen LogP contribution in [0, 0.1) is 0 Å². The number of ether oxygens (including phenoxy) is 2. The van der Waals surface area contributed by atoms with E-state index in [2.05, 4.69) is 5.50 Å². The summed E-state index contributed by atoms with van der Waals surface area (Å²) < 4.78 is 15.2. The zero-order chi connectivity index (χ0) is 14.4. The molecule has 0 spiro atoms. The molecule has 19 heavy (non-hydrogen) atoms. The van der Waals surface area contributed by atoms with Gasteiger partial charge in [0, 0.05) is 17.5 Å². The van der Waals surface area contributed by atoms with Crippen LogP contribution in [-0.2, 0) is 0 Å². The van der Waals surface area contributed by atoms with E-state index in [0.717, 1.165) is 5.39 Å². The molecule has 0 amide bonds. The van der Waals surface area contributed by atoms with Crippen molar-refractivity contribution < 1.29 is 23.7 Å². The van der Waals surface area contributed by atoms with Crippen molar-refractivity contribution in [3.63, 3.8) is 0 Å². The first kappa shape index (κ1) is 15.4. The van der Waals surface area contributed by atoms with Crippen LogP contribution in [0.4, 0.5) is 0 Å². The molecule has 2 rings (SSSR count). The van der Waals surface area contributed by atoms with Crippen molar-refractivity contribution >= 4 is 19.5 Å². The summed E-state index contributed by atoms with van der Waals surface area (Å²) in [5.74, 6) is 1.15. The van der Waals surface area contributed by atoms with Gasteiger partial charge >= 0.3 is 5.63 Å². The largest absolute Gasteiger partial charge is 0.493 e. The average Bonchev–Trinajstić information content (AvgIpc) is 2.36. The lowest BCUT2D eigenvalue weighted by Gasteiger charge is -2.07. The van der Waals surface area contributed by atoms with Crippen LogP contribution in [0.5, 0.6) is 11.5 Å². The first-order valence-electron chi connectivity index (χ1n) is 5.06. The maximum absolute atomic E-state index is 11.0. The van der Waals surface area contributed by atoms with Gasteiger partial charge in [-0.1, -0.05) is 0 Å². The minimum Gasteiger partial charge on any atom is -0.493 e. The van der Waals surface area contributed by atoms with Gasteiger partial charge in [-0.15, -0.1) is 0 Å². The minimum absolute atomic E-state index is 0.380. The third-order valence-electron chi connectivity index (χ3n) is 2.13.